The van der Waals surface area contributed by atoms with Crippen LogP contribution in [0.4, 0.5) is 10.1 Å². The van der Waals surface area contributed by atoms with E-state index in [0.29, 0.717) is 19.0 Å². The van der Waals surface area contributed by atoms with E-state index in [-0.39, 0.29) is 17.5 Å². The minimum atomic E-state index is -0.267. The molecular formula is C18H22FN5O2. The Morgan fingerprint density at radius 3 is 2.58 bits per heavy atom. The number of anilines is 1. The zero-order valence-corrected chi connectivity index (χ0v) is 14.4. The number of nitrogens with two attached hydrogens (primary N) is 1. The molecule has 3 rings (SSSR count). The smallest absolute Gasteiger partial charge is 0.287 e. The highest BCUT2D eigenvalue weighted by Crippen LogP contribution is 2.16. The number of aliphatic imine (C=N–C) groups is 1. The van der Waals surface area contributed by atoms with Crippen LogP contribution in [0.3, 0.4) is 0 Å². The fourth-order valence-electron chi connectivity index (χ4n) is 2.78. The molecule has 0 bridgehead atoms. The number of amides is 1. The lowest BCUT2D eigenvalue weighted by Crippen LogP contribution is -2.51. The van der Waals surface area contributed by atoms with Crippen LogP contribution in [-0.4, -0.2) is 56.0 Å². The highest BCUT2D eigenvalue weighted by Gasteiger charge is 2.18. The van der Waals surface area contributed by atoms with Crippen LogP contribution in [0.1, 0.15) is 10.6 Å². The number of nitrogens with one attached hydrogen (secondary N) is 1. The number of hydrogen-bond acceptors (Lipinski definition) is 4. The molecule has 0 atom stereocenters. The zero-order valence-electron chi connectivity index (χ0n) is 14.4. The molecule has 1 aliphatic heterocycles. The van der Waals surface area contributed by atoms with Gasteiger partial charge in [-0.2, -0.15) is 0 Å². The van der Waals surface area contributed by atoms with Crippen molar-refractivity contribution in [2.24, 2.45) is 10.7 Å². The van der Waals surface area contributed by atoms with Gasteiger partial charge in [-0.25, -0.2) is 4.39 Å². The highest BCUT2D eigenvalue weighted by molar-refractivity contribution is 5.91. The molecule has 26 heavy (non-hydrogen) atoms. The number of rotatable bonds is 5. The Labute approximate surface area is 151 Å². The standard InChI is InChI=1S/C18H22FN5O2/c19-14-3-5-15(6-4-14)23-9-11-24(12-10-23)18(20)22-8-7-21-17(25)16-2-1-13-26-16/h1-6,13H,7-12H2,(H2,20,22)(H,21,25). The van der Waals surface area contributed by atoms with Crippen LogP contribution >= 0.6 is 0 Å². The predicted octanol–water partition coefficient (Wildman–Crippen LogP) is 1.29. The summed E-state index contributed by atoms with van der Waals surface area (Å²) in [6, 6.07) is 9.77. The second kappa shape index (κ2) is 8.37. The van der Waals surface area contributed by atoms with Crippen LogP contribution in [0.15, 0.2) is 52.1 Å². The fraction of sp³-hybridized carbons (Fsp3) is 0.333. The van der Waals surface area contributed by atoms with E-state index in [4.69, 9.17) is 10.2 Å². The lowest BCUT2D eigenvalue weighted by molar-refractivity contribution is 0.0927. The van der Waals surface area contributed by atoms with Crippen molar-refractivity contribution in [2.45, 2.75) is 0 Å². The van der Waals surface area contributed by atoms with Crippen molar-refractivity contribution in [2.75, 3.05) is 44.2 Å². The largest absolute Gasteiger partial charge is 0.459 e. The Balaban J connectivity index is 1.41. The van der Waals surface area contributed by atoms with Crippen molar-refractivity contribution in [1.29, 1.82) is 0 Å². The van der Waals surface area contributed by atoms with Gasteiger partial charge in [0.15, 0.2) is 11.7 Å². The summed E-state index contributed by atoms with van der Waals surface area (Å²) in [5.74, 6) is 0.245. The third kappa shape index (κ3) is 4.53. The molecule has 1 fully saturated rings. The van der Waals surface area contributed by atoms with Crippen LogP contribution in [0.25, 0.3) is 0 Å². The fourth-order valence-corrected chi connectivity index (χ4v) is 2.78. The van der Waals surface area contributed by atoms with Crippen LogP contribution in [0.2, 0.25) is 0 Å². The second-order valence-corrected chi connectivity index (χ2v) is 5.92. The number of halogens is 1. The van der Waals surface area contributed by atoms with Gasteiger partial charge in [0.2, 0.25) is 0 Å². The number of nitrogens with zero attached hydrogens (tertiary/aromatic N) is 3. The number of carbonyl (C=O) groups is 1. The molecule has 0 radical (unpaired) electrons. The molecule has 138 valence electrons. The summed E-state index contributed by atoms with van der Waals surface area (Å²) in [5, 5.41) is 2.72. The van der Waals surface area contributed by atoms with Crippen LogP contribution in [0.5, 0.6) is 0 Å². The first-order chi connectivity index (χ1) is 12.6. The van der Waals surface area contributed by atoms with Crippen molar-refractivity contribution in [1.82, 2.24) is 10.2 Å². The highest BCUT2D eigenvalue weighted by atomic mass is 19.1. The van der Waals surface area contributed by atoms with Gasteiger partial charge in [0.1, 0.15) is 5.82 Å². The van der Waals surface area contributed by atoms with Crippen molar-refractivity contribution in [3.63, 3.8) is 0 Å². The first-order valence-corrected chi connectivity index (χ1v) is 8.50. The van der Waals surface area contributed by atoms with Crippen molar-refractivity contribution in [3.05, 3.63) is 54.2 Å². The van der Waals surface area contributed by atoms with Gasteiger partial charge in [0.05, 0.1) is 12.8 Å². The molecule has 1 saturated heterocycles. The van der Waals surface area contributed by atoms with Crippen molar-refractivity contribution in [3.8, 4) is 0 Å². The molecular weight excluding hydrogens is 337 g/mol. The number of furan rings is 1. The molecule has 1 aromatic heterocycles. The molecule has 0 unspecified atom stereocenters. The molecule has 0 aliphatic carbocycles. The van der Waals surface area contributed by atoms with Crippen LogP contribution < -0.4 is 16.0 Å². The molecule has 3 N–H and O–H groups in total. The molecule has 7 nitrogen and oxygen atoms in total. The lowest BCUT2D eigenvalue weighted by Gasteiger charge is -2.36. The zero-order chi connectivity index (χ0) is 18.4. The number of piperazine rings is 1. The van der Waals surface area contributed by atoms with E-state index in [1.165, 1.54) is 18.4 Å². The maximum absolute atomic E-state index is 13.0. The van der Waals surface area contributed by atoms with E-state index in [0.717, 1.165) is 31.9 Å². The lowest BCUT2D eigenvalue weighted by atomic mass is 10.2. The Morgan fingerprint density at radius 1 is 1.19 bits per heavy atom. The van der Waals surface area contributed by atoms with E-state index >= 15 is 0 Å². The number of benzene rings is 1. The van der Waals surface area contributed by atoms with Gasteiger partial charge in [0.25, 0.3) is 5.91 Å². The molecule has 8 heteroatoms. The van der Waals surface area contributed by atoms with E-state index in [9.17, 15) is 9.18 Å². The van der Waals surface area contributed by atoms with Crippen molar-refractivity contribution < 1.29 is 13.6 Å². The molecule has 0 saturated carbocycles. The second-order valence-electron chi connectivity index (χ2n) is 5.92. The molecule has 1 aliphatic rings. The van der Waals surface area contributed by atoms with E-state index in [1.54, 1.807) is 24.3 Å². The van der Waals surface area contributed by atoms with E-state index in [1.807, 2.05) is 4.90 Å². The van der Waals surface area contributed by atoms with E-state index < -0.39 is 0 Å². The average molecular weight is 359 g/mol. The van der Waals surface area contributed by atoms with Gasteiger partial charge in [-0.1, -0.05) is 0 Å². The molecule has 1 amide bonds. The Kier molecular flexibility index (Phi) is 5.73. The average Bonchev–Trinajstić information content (AvgIpc) is 3.20. The summed E-state index contributed by atoms with van der Waals surface area (Å²) in [4.78, 5) is 20.2. The number of guanidine groups is 1. The maximum Gasteiger partial charge on any atom is 0.287 e. The summed E-state index contributed by atoms with van der Waals surface area (Å²) >= 11 is 0. The first kappa shape index (κ1) is 17.8. The van der Waals surface area contributed by atoms with Crippen LogP contribution in [-0.2, 0) is 0 Å². The third-order valence-electron chi connectivity index (χ3n) is 4.21. The van der Waals surface area contributed by atoms with Crippen molar-refractivity contribution >= 4 is 17.6 Å². The topological polar surface area (TPSA) is 87.1 Å². The maximum atomic E-state index is 13.0. The number of carbonyl (C=O) groups excluding carboxylic acids is 1. The Bertz CT molecular complexity index is 737. The van der Waals surface area contributed by atoms with Gasteiger partial charge in [-0.05, 0) is 36.4 Å². The molecule has 1 aromatic carbocycles. The minimum absolute atomic E-state index is 0.233. The van der Waals surface area contributed by atoms with E-state index in [2.05, 4.69) is 15.2 Å². The van der Waals surface area contributed by atoms with Gasteiger partial charge >= 0.3 is 0 Å². The predicted molar refractivity (Wildman–Crippen MR) is 97.7 cm³/mol. The Morgan fingerprint density at radius 2 is 1.92 bits per heavy atom. The Hall–Kier alpha value is -3.03. The quantitative estimate of drug-likeness (QED) is 0.477. The molecule has 2 heterocycles. The summed E-state index contributed by atoms with van der Waals surface area (Å²) in [6.07, 6.45) is 1.45. The minimum Gasteiger partial charge on any atom is -0.459 e. The monoisotopic (exact) mass is 359 g/mol. The molecule has 0 spiro atoms. The summed E-state index contributed by atoms with van der Waals surface area (Å²) in [7, 11) is 0. The van der Waals surface area contributed by atoms with Crippen LogP contribution in [0, 0.1) is 5.82 Å². The van der Waals surface area contributed by atoms with Gasteiger partial charge in [0, 0.05) is 38.4 Å². The number of hydrogen-bond donors (Lipinski definition) is 2. The SMILES string of the molecule is NC(=NCCNC(=O)c1ccco1)N1CCN(c2ccc(F)cc2)CC1. The van der Waals surface area contributed by atoms with Gasteiger partial charge < -0.3 is 25.3 Å². The summed E-state index contributed by atoms with van der Waals surface area (Å²) in [5.41, 5.74) is 7.04. The molecule has 2 aromatic rings. The summed E-state index contributed by atoms with van der Waals surface area (Å²) in [6.45, 7) is 3.84. The third-order valence-corrected chi connectivity index (χ3v) is 4.21. The first-order valence-electron chi connectivity index (χ1n) is 8.50. The van der Waals surface area contributed by atoms with Gasteiger partial charge in [-0.3, -0.25) is 9.79 Å². The van der Waals surface area contributed by atoms with Gasteiger partial charge in [-0.15, -0.1) is 0 Å². The summed E-state index contributed by atoms with van der Waals surface area (Å²) < 4.78 is 18.0. The normalized spacial score (nSPS) is 15.2.